The summed E-state index contributed by atoms with van der Waals surface area (Å²) in [4.78, 5) is 27.9. The van der Waals surface area contributed by atoms with Crippen LogP contribution in [0.5, 0.6) is 11.5 Å². The van der Waals surface area contributed by atoms with E-state index in [0.717, 1.165) is 17.5 Å². The van der Waals surface area contributed by atoms with Crippen molar-refractivity contribution in [3.8, 4) is 11.5 Å². The molecule has 3 aromatic rings. The van der Waals surface area contributed by atoms with E-state index in [-0.39, 0.29) is 11.8 Å². The first-order valence-corrected chi connectivity index (χ1v) is 11.4. The molecule has 1 aromatic heterocycles. The molecule has 2 aromatic carbocycles. The molecular weight excluding hydrogens is 418 g/mol. The van der Waals surface area contributed by atoms with Crippen LogP contribution in [0.2, 0.25) is 0 Å². The molecule has 7 nitrogen and oxygen atoms in total. The summed E-state index contributed by atoms with van der Waals surface area (Å²) in [7, 11) is 3.21. The summed E-state index contributed by atoms with van der Waals surface area (Å²) in [5.74, 6) is 1.36. The van der Waals surface area contributed by atoms with Crippen molar-refractivity contribution in [1.82, 2.24) is 15.6 Å². The van der Waals surface area contributed by atoms with E-state index in [1.54, 1.807) is 14.2 Å². The third-order valence-electron chi connectivity index (χ3n) is 6.45. The molecule has 1 aliphatic rings. The maximum Gasteiger partial charge on any atom is 0.220 e. The first kappa shape index (κ1) is 22.7. The Morgan fingerprint density at radius 1 is 1.12 bits per heavy atom. The molecule has 1 saturated heterocycles. The van der Waals surface area contributed by atoms with Crippen molar-refractivity contribution < 1.29 is 19.1 Å². The van der Waals surface area contributed by atoms with Gasteiger partial charge in [-0.1, -0.05) is 24.3 Å². The Balaban J connectivity index is 1.34. The standard InChI is InChI=1S/C26H31N3O4/c1-32-22-8-7-18(15-23(22)33-2)16-26(13-10-25(31)29-26)12-9-24(30)27-14-11-19-17-28-21-6-4-3-5-20(19)21/h3-8,15,17,28H,9-14,16H2,1-2H3,(H,27,30)(H,29,31)/t26-/m0/s1. The number of ether oxygens (including phenoxy) is 2. The van der Waals surface area contributed by atoms with Crippen LogP contribution < -0.4 is 20.1 Å². The lowest BCUT2D eigenvalue weighted by Crippen LogP contribution is -2.44. The van der Waals surface area contributed by atoms with Crippen molar-refractivity contribution in [3.63, 3.8) is 0 Å². The summed E-state index contributed by atoms with van der Waals surface area (Å²) in [5, 5.41) is 7.36. The van der Waals surface area contributed by atoms with Crippen molar-refractivity contribution in [1.29, 1.82) is 0 Å². The van der Waals surface area contributed by atoms with E-state index in [0.29, 0.717) is 50.1 Å². The summed E-state index contributed by atoms with van der Waals surface area (Å²) in [6, 6.07) is 13.9. The van der Waals surface area contributed by atoms with E-state index in [1.165, 1.54) is 10.9 Å². The molecule has 0 saturated carbocycles. The molecule has 2 heterocycles. The van der Waals surface area contributed by atoms with Gasteiger partial charge in [-0.15, -0.1) is 0 Å². The highest BCUT2D eigenvalue weighted by Crippen LogP contribution is 2.33. The van der Waals surface area contributed by atoms with Gasteiger partial charge < -0.3 is 25.1 Å². The lowest BCUT2D eigenvalue weighted by Gasteiger charge is -2.29. The van der Waals surface area contributed by atoms with Gasteiger partial charge in [0.1, 0.15) is 0 Å². The minimum Gasteiger partial charge on any atom is -0.493 e. The number of aromatic amines is 1. The van der Waals surface area contributed by atoms with Gasteiger partial charge in [0.25, 0.3) is 0 Å². The quantitative estimate of drug-likeness (QED) is 0.442. The molecule has 0 unspecified atom stereocenters. The number of fused-ring (bicyclic) bond motifs is 1. The van der Waals surface area contributed by atoms with E-state index >= 15 is 0 Å². The number of hydrogen-bond acceptors (Lipinski definition) is 4. The Kier molecular flexibility index (Phi) is 6.87. The Bertz CT molecular complexity index is 1140. The predicted octanol–water partition coefficient (Wildman–Crippen LogP) is 3.52. The average Bonchev–Trinajstić information content (AvgIpc) is 3.41. The lowest BCUT2D eigenvalue weighted by atomic mass is 9.85. The van der Waals surface area contributed by atoms with Gasteiger partial charge in [-0.05, 0) is 55.0 Å². The highest BCUT2D eigenvalue weighted by molar-refractivity contribution is 5.83. The number of amides is 2. The number of carbonyl (C=O) groups is 2. The molecule has 33 heavy (non-hydrogen) atoms. The molecule has 0 spiro atoms. The molecule has 1 fully saturated rings. The molecule has 4 rings (SSSR count). The summed E-state index contributed by atoms with van der Waals surface area (Å²) in [6.07, 6.45) is 5.56. The van der Waals surface area contributed by atoms with E-state index in [4.69, 9.17) is 9.47 Å². The highest BCUT2D eigenvalue weighted by Gasteiger charge is 2.38. The zero-order valence-electron chi connectivity index (χ0n) is 19.2. The summed E-state index contributed by atoms with van der Waals surface area (Å²) < 4.78 is 10.7. The van der Waals surface area contributed by atoms with E-state index in [9.17, 15) is 9.59 Å². The second-order valence-electron chi connectivity index (χ2n) is 8.65. The fourth-order valence-corrected chi connectivity index (χ4v) is 4.68. The van der Waals surface area contributed by atoms with Crippen LogP contribution in [-0.4, -0.2) is 43.1 Å². The van der Waals surface area contributed by atoms with E-state index < -0.39 is 5.54 Å². The predicted molar refractivity (Wildman–Crippen MR) is 128 cm³/mol. The van der Waals surface area contributed by atoms with Gasteiger partial charge in [0.2, 0.25) is 11.8 Å². The number of aromatic nitrogens is 1. The number of nitrogens with one attached hydrogen (secondary N) is 3. The summed E-state index contributed by atoms with van der Waals surface area (Å²) >= 11 is 0. The molecule has 0 bridgehead atoms. The topological polar surface area (TPSA) is 92.5 Å². The Labute approximate surface area is 193 Å². The molecule has 2 amide bonds. The second kappa shape index (κ2) is 9.98. The molecule has 0 radical (unpaired) electrons. The highest BCUT2D eigenvalue weighted by atomic mass is 16.5. The second-order valence-corrected chi connectivity index (χ2v) is 8.65. The van der Waals surface area contributed by atoms with E-state index in [2.05, 4.69) is 21.7 Å². The fraction of sp³-hybridized carbons (Fsp3) is 0.385. The van der Waals surface area contributed by atoms with Crippen LogP contribution in [0.15, 0.2) is 48.7 Å². The Morgan fingerprint density at radius 3 is 2.70 bits per heavy atom. The van der Waals surface area contributed by atoms with Crippen molar-refractivity contribution in [2.24, 2.45) is 0 Å². The van der Waals surface area contributed by atoms with Crippen molar-refractivity contribution in [2.45, 2.75) is 44.1 Å². The Morgan fingerprint density at radius 2 is 1.94 bits per heavy atom. The third kappa shape index (κ3) is 5.30. The first-order valence-electron chi connectivity index (χ1n) is 11.4. The molecule has 0 aliphatic carbocycles. The zero-order chi connectivity index (χ0) is 23.3. The maximum absolute atomic E-state index is 12.6. The van der Waals surface area contributed by atoms with Crippen LogP contribution in [0.25, 0.3) is 10.9 Å². The number of hydrogen-bond donors (Lipinski definition) is 3. The summed E-state index contributed by atoms with van der Waals surface area (Å²) in [6.45, 7) is 0.579. The minimum atomic E-state index is -0.426. The fourth-order valence-electron chi connectivity index (χ4n) is 4.68. The number of rotatable bonds is 10. The number of carbonyl (C=O) groups excluding carboxylic acids is 2. The van der Waals surface area contributed by atoms with Gasteiger partial charge in [-0.25, -0.2) is 0 Å². The maximum atomic E-state index is 12.6. The molecule has 1 aliphatic heterocycles. The van der Waals surface area contributed by atoms with Gasteiger partial charge in [0.05, 0.1) is 14.2 Å². The molecule has 3 N–H and O–H groups in total. The largest absolute Gasteiger partial charge is 0.493 e. The van der Waals surface area contributed by atoms with Gasteiger partial charge in [-0.3, -0.25) is 9.59 Å². The lowest BCUT2D eigenvalue weighted by molar-refractivity contribution is -0.122. The van der Waals surface area contributed by atoms with Crippen LogP contribution >= 0.6 is 0 Å². The first-order chi connectivity index (χ1) is 16.0. The van der Waals surface area contributed by atoms with Crippen LogP contribution in [-0.2, 0) is 22.4 Å². The average molecular weight is 450 g/mol. The number of benzene rings is 2. The summed E-state index contributed by atoms with van der Waals surface area (Å²) in [5.41, 5.74) is 2.91. The number of methoxy groups -OCH3 is 2. The molecule has 174 valence electrons. The van der Waals surface area contributed by atoms with Crippen molar-refractivity contribution in [3.05, 3.63) is 59.8 Å². The van der Waals surface area contributed by atoms with Crippen LogP contribution in [0.3, 0.4) is 0 Å². The van der Waals surface area contributed by atoms with Crippen LogP contribution in [0, 0.1) is 0 Å². The number of H-pyrrole nitrogens is 1. The zero-order valence-corrected chi connectivity index (χ0v) is 19.2. The van der Waals surface area contributed by atoms with Gasteiger partial charge in [0.15, 0.2) is 11.5 Å². The monoisotopic (exact) mass is 449 g/mol. The van der Waals surface area contributed by atoms with Crippen molar-refractivity contribution >= 4 is 22.7 Å². The van der Waals surface area contributed by atoms with Crippen LogP contribution in [0.1, 0.15) is 36.8 Å². The third-order valence-corrected chi connectivity index (χ3v) is 6.45. The van der Waals surface area contributed by atoms with Gasteiger partial charge in [0, 0.05) is 42.0 Å². The normalized spacial score (nSPS) is 17.7. The van der Waals surface area contributed by atoms with Crippen LogP contribution in [0.4, 0.5) is 0 Å². The van der Waals surface area contributed by atoms with Crippen molar-refractivity contribution in [2.75, 3.05) is 20.8 Å². The smallest absolute Gasteiger partial charge is 0.220 e. The minimum absolute atomic E-state index is 0.00248. The SMILES string of the molecule is COc1ccc(C[C@]2(CCC(=O)NCCc3c[nH]c4ccccc34)CCC(=O)N2)cc1OC. The van der Waals surface area contributed by atoms with E-state index in [1.807, 2.05) is 42.6 Å². The molecular formula is C26H31N3O4. The Hall–Kier alpha value is -3.48. The van der Waals surface area contributed by atoms with Gasteiger partial charge in [-0.2, -0.15) is 0 Å². The van der Waals surface area contributed by atoms with Gasteiger partial charge >= 0.3 is 0 Å². The number of para-hydroxylation sites is 1. The molecule has 7 heteroatoms. The molecule has 1 atom stereocenters.